The van der Waals surface area contributed by atoms with Crippen molar-refractivity contribution in [2.45, 2.75) is 33.1 Å². The Hall–Kier alpha value is -1.87. The Morgan fingerprint density at radius 2 is 1.65 bits per heavy atom. The summed E-state index contributed by atoms with van der Waals surface area (Å²) in [6.45, 7) is 8.39. The van der Waals surface area contributed by atoms with E-state index in [1.54, 1.807) is 0 Å². The monoisotopic (exact) mass is 324 g/mol. The number of likely N-dealkylation sites (tertiary alicyclic amines) is 1. The van der Waals surface area contributed by atoms with Crippen LogP contribution in [0.4, 0.5) is 5.69 Å². The molecule has 1 saturated heterocycles. The molecular weight excluding hydrogens is 300 g/mol. The summed E-state index contributed by atoms with van der Waals surface area (Å²) in [5.41, 5.74) is 6.35. The Morgan fingerprint density at radius 1 is 1.00 bits per heavy atom. The minimum absolute atomic E-state index is 0.578. The van der Waals surface area contributed by atoms with Gasteiger partial charge < -0.3 is 10.2 Å². The van der Waals surface area contributed by atoms with Crippen molar-refractivity contribution in [2.75, 3.05) is 18.4 Å². The van der Waals surface area contributed by atoms with Crippen LogP contribution < -0.4 is 5.32 Å². The Kier molecular flexibility index (Phi) is 4.67. The van der Waals surface area contributed by atoms with Gasteiger partial charge in [0.1, 0.15) is 0 Å². The van der Waals surface area contributed by atoms with Crippen LogP contribution in [0.15, 0.2) is 42.5 Å². The molecule has 1 aliphatic heterocycles. The van der Waals surface area contributed by atoms with Crippen molar-refractivity contribution in [3.8, 4) is 0 Å². The lowest BCUT2D eigenvalue weighted by Crippen LogP contribution is -2.32. The molecule has 0 bridgehead atoms. The number of thiocarbonyl (C=S) groups is 1. The van der Waals surface area contributed by atoms with Crippen LogP contribution in [0.1, 0.15) is 34.6 Å². The van der Waals surface area contributed by atoms with E-state index < -0.39 is 0 Å². The molecule has 2 aromatic carbocycles. The van der Waals surface area contributed by atoms with E-state index in [-0.39, 0.29) is 0 Å². The van der Waals surface area contributed by atoms with Gasteiger partial charge in [0.05, 0.1) is 0 Å². The molecule has 0 spiro atoms. The molecule has 0 radical (unpaired) electrons. The fourth-order valence-electron chi connectivity index (χ4n) is 3.30. The third kappa shape index (κ3) is 3.91. The van der Waals surface area contributed by atoms with Gasteiger partial charge in [0, 0.05) is 24.7 Å². The van der Waals surface area contributed by atoms with Crippen LogP contribution in [-0.4, -0.2) is 23.1 Å². The first-order valence-electron chi connectivity index (χ1n) is 8.22. The molecule has 0 aliphatic carbocycles. The van der Waals surface area contributed by atoms with Gasteiger partial charge in [-0.3, -0.25) is 0 Å². The van der Waals surface area contributed by atoms with Crippen molar-refractivity contribution >= 4 is 23.0 Å². The van der Waals surface area contributed by atoms with Gasteiger partial charge in [0.15, 0.2) is 5.11 Å². The fraction of sp³-hybridized carbons (Fsp3) is 0.350. The molecule has 1 fully saturated rings. The highest BCUT2D eigenvalue weighted by Crippen LogP contribution is 2.28. The second-order valence-corrected chi connectivity index (χ2v) is 7.04. The number of nitrogens with zero attached hydrogens (tertiary/aromatic N) is 1. The second-order valence-electron chi connectivity index (χ2n) is 6.65. The van der Waals surface area contributed by atoms with Gasteiger partial charge in [-0.25, -0.2) is 0 Å². The number of rotatable bonds is 2. The van der Waals surface area contributed by atoms with Crippen LogP contribution in [0.5, 0.6) is 0 Å². The molecule has 2 aromatic rings. The van der Waals surface area contributed by atoms with Crippen molar-refractivity contribution in [1.29, 1.82) is 0 Å². The van der Waals surface area contributed by atoms with E-state index in [9.17, 15) is 0 Å². The molecule has 1 heterocycles. The summed E-state index contributed by atoms with van der Waals surface area (Å²) in [5.74, 6) is 0.578. The molecule has 3 heteroatoms. The lowest BCUT2D eigenvalue weighted by Gasteiger charge is -2.21. The van der Waals surface area contributed by atoms with Crippen LogP contribution in [0.25, 0.3) is 0 Å². The quantitative estimate of drug-likeness (QED) is 0.799. The summed E-state index contributed by atoms with van der Waals surface area (Å²) >= 11 is 5.62. The highest BCUT2D eigenvalue weighted by Gasteiger charge is 2.25. The van der Waals surface area contributed by atoms with Crippen LogP contribution in [-0.2, 0) is 0 Å². The zero-order valence-electron chi connectivity index (χ0n) is 14.1. The molecule has 23 heavy (non-hydrogen) atoms. The third-order valence-corrected chi connectivity index (χ3v) is 4.86. The first kappa shape index (κ1) is 16.0. The largest absolute Gasteiger partial charge is 0.348 e. The lowest BCUT2D eigenvalue weighted by molar-refractivity contribution is 0.518. The zero-order chi connectivity index (χ0) is 16.4. The maximum absolute atomic E-state index is 5.62. The van der Waals surface area contributed by atoms with Gasteiger partial charge in [-0.2, -0.15) is 0 Å². The van der Waals surface area contributed by atoms with Gasteiger partial charge in [-0.15, -0.1) is 0 Å². The minimum Gasteiger partial charge on any atom is -0.348 e. The summed E-state index contributed by atoms with van der Waals surface area (Å²) in [6.07, 6.45) is 1.16. The predicted molar refractivity (Wildman–Crippen MR) is 102 cm³/mol. The van der Waals surface area contributed by atoms with Gasteiger partial charge in [-0.1, -0.05) is 35.9 Å². The zero-order valence-corrected chi connectivity index (χ0v) is 14.9. The molecular formula is C20H24N2S. The van der Waals surface area contributed by atoms with Crippen molar-refractivity contribution in [3.05, 3.63) is 64.7 Å². The number of anilines is 1. The molecule has 1 N–H and O–H groups in total. The molecule has 0 unspecified atom stereocenters. The van der Waals surface area contributed by atoms with E-state index in [0.29, 0.717) is 5.92 Å². The summed E-state index contributed by atoms with van der Waals surface area (Å²) in [5, 5.41) is 4.24. The highest BCUT2D eigenvalue weighted by molar-refractivity contribution is 7.80. The van der Waals surface area contributed by atoms with Crippen molar-refractivity contribution in [3.63, 3.8) is 0 Å². The standard InChI is InChI=1S/C20H24N2S/c1-14-4-6-17(7-5-14)18-8-9-22(13-18)20(23)21-19-11-15(2)10-16(3)12-19/h4-7,10-12,18H,8-9,13H2,1-3H3,(H,21,23)/t18-/m0/s1. The average molecular weight is 324 g/mol. The maximum Gasteiger partial charge on any atom is 0.173 e. The first-order valence-corrected chi connectivity index (χ1v) is 8.63. The van der Waals surface area contributed by atoms with Gasteiger partial charge in [0.2, 0.25) is 0 Å². The van der Waals surface area contributed by atoms with E-state index in [2.05, 4.69) is 73.5 Å². The molecule has 0 saturated carbocycles. The summed E-state index contributed by atoms with van der Waals surface area (Å²) in [6, 6.07) is 15.4. The number of nitrogens with one attached hydrogen (secondary N) is 1. The van der Waals surface area contributed by atoms with E-state index in [1.165, 1.54) is 22.3 Å². The van der Waals surface area contributed by atoms with Gasteiger partial charge in [0.25, 0.3) is 0 Å². The Morgan fingerprint density at radius 3 is 2.30 bits per heavy atom. The Bertz CT molecular complexity index is 686. The molecule has 0 aromatic heterocycles. The van der Waals surface area contributed by atoms with Crippen molar-refractivity contribution < 1.29 is 0 Å². The molecule has 3 rings (SSSR count). The number of aryl methyl sites for hydroxylation is 3. The van der Waals surface area contributed by atoms with Crippen LogP contribution in [0.2, 0.25) is 0 Å². The molecule has 120 valence electrons. The van der Waals surface area contributed by atoms with Crippen LogP contribution >= 0.6 is 12.2 Å². The second kappa shape index (κ2) is 6.71. The third-order valence-electron chi connectivity index (χ3n) is 4.50. The number of benzene rings is 2. The van der Waals surface area contributed by atoms with E-state index in [1.807, 2.05) is 0 Å². The first-order chi connectivity index (χ1) is 11.0. The number of hydrogen-bond acceptors (Lipinski definition) is 1. The van der Waals surface area contributed by atoms with Crippen molar-refractivity contribution in [2.24, 2.45) is 0 Å². The molecule has 0 amide bonds. The Labute approximate surface area is 144 Å². The lowest BCUT2D eigenvalue weighted by atomic mass is 9.98. The van der Waals surface area contributed by atoms with E-state index in [4.69, 9.17) is 12.2 Å². The van der Waals surface area contributed by atoms with Gasteiger partial charge >= 0.3 is 0 Å². The molecule has 2 nitrogen and oxygen atoms in total. The number of hydrogen-bond donors (Lipinski definition) is 1. The summed E-state index contributed by atoms with van der Waals surface area (Å²) in [4.78, 5) is 2.29. The fourth-order valence-corrected chi connectivity index (χ4v) is 3.59. The van der Waals surface area contributed by atoms with E-state index in [0.717, 1.165) is 30.3 Å². The maximum atomic E-state index is 5.62. The summed E-state index contributed by atoms with van der Waals surface area (Å²) < 4.78 is 0. The average Bonchev–Trinajstić information content (AvgIpc) is 2.97. The molecule has 1 atom stereocenters. The molecule has 1 aliphatic rings. The topological polar surface area (TPSA) is 15.3 Å². The highest BCUT2D eigenvalue weighted by atomic mass is 32.1. The van der Waals surface area contributed by atoms with Gasteiger partial charge in [-0.05, 0) is 68.2 Å². The normalized spacial score (nSPS) is 17.3. The minimum atomic E-state index is 0.578. The van der Waals surface area contributed by atoms with Crippen LogP contribution in [0, 0.1) is 20.8 Å². The predicted octanol–water partition coefficient (Wildman–Crippen LogP) is 4.80. The smallest absolute Gasteiger partial charge is 0.173 e. The van der Waals surface area contributed by atoms with Crippen molar-refractivity contribution in [1.82, 2.24) is 4.90 Å². The van der Waals surface area contributed by atoms with E-state index >= 15 is 0 Å². The summed E-state index contributed by atoms with van der Waals surface area (Å²) in [7, 11) is 0. The Balaban J connectivity index is 1.64. The SMILES string of the molecule is Cc1ccc([C@H]2CCN(C(=S)Nc3cc(C)cc(C)c3)C2)cc1. The van der Waals surface area contributed by atoms with Crippen LogP contribution in [0.3, 0.4) is 0 Å².